The number of benzene rings is 1. The average Bonchev–Trinajstić information content (AvgIpc) is 2.46. The summed E-state index contributed by atoms with van der Waals surface area (Å²) in [4.78, 5) is 12.1. The van der Waals surface area contributed by atoms with Crippen molar-refractivity contribution in [3.63, 3.8) is 0 Å². The van der Waals surface area contributed by atoms with Crippen LogP contribution in [0, 0.1) is 0 Å². The van der Waals surface area contributed by atoms with Crippen LogP contribution in [-0.2, 0) is 4.79 Å². The number of carbonyl (C=O) groups excluding carboxylic acids is 1. The summed E-state index contributed by atoms with van der Waals surface area (Å²) in [6.07, 6.45) is 0.284. The van der Waals surface area contributed by atoms with Gasteiger partial charge in [-0.05, 0) is 33.3 Å². The number of nitrogens with two attached hydrogens (primary N) is 1. The van der Waals surface area contributed by atoms with E-state index in [1.807, 2.05) is 32.9 Å². The van der Waals surface area contributed by atoms with E-state index >= 15 is 0 Å². The lowest BCUT2D eigenvalue weighted by Crippen LogP contribution is -2.41. The molecule has 1 rings (SSSR count). The smallest absolute Gasteiger partial charge is 0.260 e. The van der Waals surface area contributed by atoms with Crippen molar-refractivity contribution in [2.45, 2.75) is 52.3 Å². The lowest BCUT2D eigenvalue weighted by molar-refractivity contribution is -0.127. The van der Waals surface area contributed by atoms with Crippen LogP contribution in [0.15, 0.2) is 18.2 Å². The zero-order valence-electron chi connectivity index (χ0n) is 13.5. The summed E-state index contributed by atoms with van der Waals surface area (Å²) in [7, 11) is 1.59. The maximum absolute atomic E-state index is 12.1. The van der Waals surface area contributed by atoms with Crippen LogP contribution in [0.5, 0.6) is 11.5 Å². The molecule has 5 nitrogen and oxygen atoms in total. The van der Waals surface area contributed by atoms with E-state index in [1.165, 1.54) is 0 Å². The molecule has 3 N–H and O–H groups in total. The third-order valence-electron chi connectivity index (χ3n) is 3.39. The maximum Gasteiger partial charge on any atom is 0.260 e. The Morgan fingerprint density at radius 3 is 2.52 bits per heavy atom. The first-order chi connectivity index (χ1) is 9.88. The van der Waals surface area contributed by atoms with E-state index in [9.17, 15) is 4.79 Å². The normalized spacial score (nSPS) is 15.0. The summed E-state index contributed by atoms with van der Waals surface area (Å²) < 4.78 is 11.0. The molecule has 3 atom stereocenters. The summed E-state index contributed by atoms with van der Waals surface area (Å²) >= 11 is 0. The standard InChI is InChI=1S/C16H26N2O3/c1-6-10(2)18-16(19)12(4)21-15-9-13(20-5)7-8-14(15)11(3)17/h7-12H,6,17H2,1-5H3,(H,18,19)/t10?,11-,12?/m1/s1. The molecule has 1 aromatic rings. The predicted octanol–water partition coefficient (Wildman–Crippen LogP) is 2.40. The van der Waals surface area contributed by atoms with Crippen molar-refractivity contribution in [2.75, 3.05) is 7.11 Å². The van der Waals surface area contributed by atoms with Crippen molar-refractivity contribution in [2.24, 2.45) is 5.73 Å². The number of rotatable bonds is 7. The molecule has 1 aromatic carbocycles. The summed E-state index contributed by atoms with van der Waals surface area (Å²) in [5.74, 6) is 1.11. The van der Waals surface area contributed by atoms with Crippen LogP contribution in [0.2, 0.25) is 0 Å². The zero-order valence-corrected chi connectivity index (χ0v) is 13.5. The zero-order chi connectivity index (χ0) is 16.0. The van der Waals surface area contributed by atoms with Crippen LogP contribution in [-0.4, -0.2) is 25.2 Å². The Bertz CT molecular complexity index is 475. The van der Waals surface area contributed by atoms with Crippen molar-refractivity contribution in [1.29, 1.82) is 0 Å². The summed E-state index contributed by atoms with van der Waals surface area (Å²) in [5.41, 5.74) is 6.79. The molecule has 118 valence electrons. The van der Waals surface area contributed by atoms with E-state index in [0.717, 1.165) is 12.0 Å². The number of carbonyl (C=O) groups is 1. The van der Waals surface area contributed by atoms with Gasteiger partial charge in [-0.3, -0.25) is 4.79 Å². The van der Waals surface area contributed by atoms with E-state index in [0.29, 0.717) is 11.5 Å². The number of ether oxygens (including phenoxy) is 2. The fraction of sp³-hybridized carbons (Fsp3) is 0.562. The molecule has 0 bridgehead atoms. The lowest BCUT2D eigenvalue weighted by Gasteiger charge is -2.21. The predicted molar refractivity (Wildman–Crippen MR) is 83.6 cm³/mol. The molecule has 0 aromatic heterocycles. The number of hydrogen-bond donors (Lipinski definition) is 2. The monoisotopic (exact) mass is 294 g/mol. The Morgan fingerprint density at radius 2 is 2.00 bits per heavy atom. The van der Waals surface area contributed by atoms with Gasteiger partial charge >= 0.3 is 0 Å². The van der Waals surface area contributed by atoms with E-state index in [1.54, 1.807) is 20.1 Å². The van der Waals surface area contributed by atoms with Crippen molar-refractivity contribution < 1.29 is 14.3 Å². The van der Waals surface area contributed by atoms with Crippen LogP contribution in [0.4, 0.5) is 0 Å². The number of hydrogen-bond acceptors (Lipinski definition) is 4. The van der Waals surface area contributed by atoms with E-state index in [2.05, 4.69) is 5.32 Å². The molecule has 21 heavy (non-hydrogen) atoms. The highest BCUT2D eigenvalue weighted by Gasteiger charge is 2.19. The molecule has 0 fully saturated rings. The average molecular weight is 294 g/mol. The number of nitrogens with one attached hydrogen (secondary N) is 1. The molecule has 0 aliphatic rings. The summed E-state index contributed by atoms with van der Waals surface area (Å²) in [6, 6.07) is 5.39. The van der Waals surface area contributed by atoms with Crippen LogP contribution in [0.3, 0.4) is 0 Å². The summed E-state index contributed by atoms with van der Waals surface area (Å²) in [6.45, 7) is 7.58. The van der Waals surface area contributed by atoms with E-state index in [-0.39, 0.29) is 18.0 Å². The molecule has 0 spiro atoms. The van der Waals surface area contributed by atoms with Gasteiger partial charge in [-0.25, -0.2) is 0 Å². The molecule has 0 aliphatic heterocycles. The Kier molecular flexibility index (Phi) is 6.49. The van der Waals surface area contributed by atoms with Gasteiger partial charge in [0.15, 0.2) is 6.10 Å². The quantitative estimate of drug-likeness (QED) is 0.810. The van der Waals surface area contributed by atoms with E-state index < -0.39 is 6.10 Å². The molecular formula is C16H26N2O3. The second kappa shape index (κ2) is 7.88. The second-order valence-corrected chi connectivity index (χ2v) is 5.27. The molecule has 0 aliphatic carbocycles. The minimum Gasteiger partial charge on any atom is -0.497 e. The topological polar surface area (TPSA) is 73.6 Å². The number of methoxy groups -OCH3 is 1. The first-order valence-corrected chi connectivity index (χ1v) is 7.29. The van der Waals surface area contributed by atoms with Gasteiger partial charge in [0.2, 0.25) is 0 Å². The van der Waals surface area contributed by atoms with Crippen molar-refractivity contribution in [1.82, 2.24) is 5.32 Å². The molecule has 5 heteroatoms. The number of amides is 1. The second-order valence-electron chi connectivity index (χ2n) is 5.27. The SMILES string of the molecule is CCC(C)NC(=O)C(C)Oc1cc(OC)ccc1[C@@H](C)N. The fourth-order valence-corrected chi connectivity index (χ4v) is 1.83. The third-order valence-corrected chi connectivity index (χ3v) is 3.39. The van der Waals surface area contributed by atoms with Gasteiger partial charge in [0.1, 0.15) is 11.5 Å². The van der Waals surface area contributed by atoms with Crippen LogP contribution >= 0.6 is 0 Å². The Balaban J connectivity index is 2.87. The van der Waals surface area contributed by atoms with Gasteiger partial charge in [0.05, 0.1) is 7.11 Å². The minimum absolute atomic E-state index is 0.127. The van der Waals surface area contributed by atoms with Crippen molar-refractivity contribution in [3.8, 4) is 11.5 Å². The van der Waals surface area contributed by atoms with Gasteiger partial charge < -0.3 is 20.5 Å². The van der Waals surface area contributed by atoms with Gasteiger partial charge in [-0.1, -0.05) is 13.0 Å². The first kappa shape index (κ1) is 17.3. The van der Waals surface area contributed by atoms with Crippen molar-refractivity contribution >= 4 is 5.91 Å². The third kappa shape index (κ3) is 4.93. The van der Waals surface area contributed by atoms with Crippen LogP contribution in [0.25, 0.3) is 0 Å². The fourth-order valence-electron chi connectivity index (χ4n) is 1.83. The molecule has 0 saturated carbocycles. The van der Waals surface area contributed by atoms with E-state index in [4.69, 9.17) is 15.2 Å². The lowest BCUT2D eigenvalue weighted by atomic mass is 10.1. The Morgan fingerprint density at radius 1 is 1.33 bits per heavy atom. The van der Waals surface area contributed by atoms with Crippen molar-refractivity contribution in [3.05, 3.63) is 23.8 Å². The molecule has 0 heterocycles. The van der Waals surface area contributed by atoms with Crippen LogP contribution in [0.1, 0.15) is 45.7 Å². The van der Waals surface area contributed by atoms with Crippen LogP contribution < -0.4 is 20.5 Å². The highest BCUT2D eigenvalue weighted by molar-refractivity contribution is 5.81. The maximum atomic E-state index is 12.1. The highest BCUT2D eigenvalue weighted by atomic mass is 16.5. The van der Waals surface area contributed by atoms with Gasteiger partial charge in [0.25, 0.3) is 5.91 Å². The Labute approximate surface area is 126 Å². The van der Waals surface area contributed by atoms with Gasteiger partial charge in [-0.2, -0.15) is 0 Å². The molecular weight excluding hydrogens is 268 g/mol. The Hall–Kier alpha value is -1.75. The molecule has 0 radical (unpaired) electrons. The first-order valence-electron chi connectivity index (χ1n) is 7.29. The van der Waals surface area contributed by atoms with Gasteiger partial charge in [-0.15, -0.1) is 0 Å². The molecule has 0 saturated heterocycles. The van der Waals surface area contributed by atoms with Gasteiger partial charge in [0, 0.05) is 23.7 Å². The summed E-state index contributed by atoms with van der Waals surface area (Å²) in [5, 5.41) is 2.90. The minimum atomic E-state index is -0.594. The molecule has 2 unspecified atom stereocenters. The molecule has 1 amide bonds. The largest absolute Gasteiger partial charge is 0.497 e. The highest BCUT2D eigenvalue weighted by Crippen LogP contribution is 2.29.